The maximum Gasteiger partial charge on any atom is 0.304 e. The number of hydrogen-bond acceptors (Lipinski definition) is 10. The van der Waals surface area contributed by atoms with Crippen LogP contribution in [-0.2, 0) is 9.53 Å². The van der Waals surface area contributed by atoms with Gasteiger partial charge < -0.3 is 29.3 Å². The molecule has 0 aromatic carbocycles. The number of nitrogens with one attached hydrogen (secondary N) is 1. The highest BCUT2D eigenvalue weighted by Crippen LogP contribution is 2.27. The van der Waals surface area contributed by atoms with Crippen molar-refractivity contribution in [2.24, 2.45) is 0 Å². The first kappa shape index (κ1) is 24.0. The molecule has 0 atom stereocenters. The SMILES string of the molecule is CN(C)C(=O)COc1cnc(NC2CCC(Oc3nc(N4CCOCC4)cc4nccn34)CC2)nc1. The first-order valence-electron chi connectivity index (χ1n) is 12.3. The molecule has 12 nitrogen and oxygen atoms in total. The summed E-state index contributed by atoms with van der Waals surface area (Å²) in [6.45, 7) is 2.98. The smallest absolute Gasteiger partial charge is 0.304 e. The normalized spacial score (nSPS) is 20.2. The van der Waals surface area contributed by atoms with Gasteiger partial charge >= 0.3 is 6.01 Å². The number of imidazole rings is 1. The molecule has 1 aliphatic carbocycles. The quantitative estimate of drug-likeness (QED) is 0.493. The van der Waals surface area contributed by atoms with Crippen LogP contribution in [0.15, 0.2) is 30.9 Å². The zero-order chi connectivity index (χ0) is 24.9. The highest BCUT2D eigenvalue weighted by atomic mass is 16.5. The van der Waals surface area contributed by atoms with E-state index in [1.165, 1.54) is 4.90 Å². The molecule has 192 valence electrons. The van der Waals surface area contributed by atoms with E-state index >= 15 is 0 Å². The third-order valence-electron chi connectivity index (χ3n) is 6.45. The molecular weight excluding hydrogens is 464 g/mol. The van der Waals surface area contributed by atoms with E-state index in [-0.39, 0.29) is 24.7 Å². The Balaban J connectivity index is 1.14. The molecule has 0 bridgehead atoms. The maximum atomic E-state index is 11.6. The lowest BCUT2D eigenvalue weighted by Gasteiger charge is -2.30. The number of morpholine rings is 1. The fourth-order valence-corrected chi connectivity index (χ4v) is 4.32. The second-order valence-electron chi connectivity index (χ2n) is 9.21. The summed E-state index contributed by atoms with van der Waals surface area (Å²) in [5.74, 6) is 1.77. The minimum absolute atomic E-state index is 0.0389. The minimum Gasteiger partial charge on any atom is -0.481 e. The average Bonchev–Trinajstić information content (AvgIpc) is 3.39. The topological polar surface area (TPSA) is 119 Å². The Morgan fingerprint density at radius 1 is 1.14 bits per heavy atom. The minimum atomic E-state index is -0.118. The molecule has 2 fully saturated rings. The number of rotatable bonds is 8. The van der Waals surface area contributed by atoms with Crippen molar-refractivity contribution in [2.75, 3.05) is 57.2 Å². The number of likely N-dealkylation sites (N-methyl/N-ethyl adjacent to an activating group) is 1. The molecular formula is C24H32N8O4. The Bertz CT molecular complexity index is 1150. The third-order valence-corrected chi connectivity index (χ3v) is 6.45. The van der Waals surface area contributed by atoms with Gasteiger partial charge in [-0.15, -0.1) is 0 Å². The van der Waals surface area contributed by atoms with Gasteiger partial charge in [-0.05, 0) is 25.7 Å². The molecule has 1 saturated carbocycles. The monoisotopic (exact) mass is 496 g/mol. The van der Waals surface area contributed by atoms with Crippen molar-refractivity contribution in [1.82, 2.24) is 29.2 Å². The Labute approximate surface area is 209 Å². The van der Waals surface area contributed by atoms with E-state index in [4.69, 9.17) is 19.2 Å². The van der Waals surface area contributed by atoms with Crippen LogP contribution in [0.4, 0.5) is 11.8 Å². The van der Waals surface area contributed by atoms with Crippen molar-refractivity contribution in [3.05, 3.63) is 30.9 Å². The standard InChI is InChI=1S/C24H32N8O4/c1-30(2)22(33)16-35-19-14-26-23(27-15-19)28-17-3-5-18(6-4-17)36-24-29-21(31-9-11-34-12-10-31)13-20-25-7-8-32(20)24/h7-8,13-15,17-18H,3-6,9-12,16H2,1-2H3,(H,26,27,28). The summed E-state index contributed by atoms with van der Waals surface area (Å²) in [7, 11) is 3.37. The second-order valence-corrected chi connectivity index (χ2v) is 9.21. The summed E-state index contributed by atoms with van der Waals surface area (Å²) in [5.41, 5.74) is 0.826. The number of fused-ring (bicyclic) bond motifs is 1. The summed E-state index contributed by atoms with van der Waals surface area (Å²) in [5, 5.41) is 3.40. The van der Waals surface area contributed by atoms with Gasteiger partial charge in [0.2, 0.25) is 5.95 Å². The van der Waals surface area contributed by atoms with E-state index < -0.39 is 0 Å². The molecule has 1 aliphatic heterocycles. The molecule has 2 aliphatic rings. The lowest BCUT2D eigenvalue weighted by atomic mass is 9.93. The van der Waals surface area contributed by atoms with Crippen LogP contribution >= 0.6 is 0 Å². The zero-order valence-corrected chi connectivity index (χ0v) is 20.7. The molecule has 4 heterocycles. The van der Waals surface area contributed by atoms with Gasteiger partial charge in [-0.2, -0.15) is 4.98 Å². The van der Waals surface area contributed by atoms with Crippen LogP contribution in [0, 0.1) is 0 Å². The summed E-state index contributed by atoms with van der Waals surface area (Å²) >= 11 is 0. The number of anilines is 2. The summed E-state index contributed by atoms with van der Waals surface area (Å²) in [6, 6.07) is 2.83. The average molecular weight is 497 g/mol. The second kappa shape index (κ2) is 10.9. The van der Waals surface area contributed by atoms with Crippen LogP contribution in [0.1, 0.15) is 25.7 Å². The van der Waals surface area contributed by atoms with E-state index in [1.807, 2.05) is 16.7 Å². The highest BCUT2D eigenvalue weighted by Gasteiger charge is 2.25. The molecule has 36 heavy (non-hydrogen) atoms. The van der Waals surface area contributed by atoms with Gasteiger partial charge in [0.05, 0.1) is 25.6 Å². The lowest BCUT2D eigenvalue weighted by Crippen LogP contribution is -2.37. The van der Waals surface area contributed by atoms with Crippen molar-refractivity contribution in [2.45, 2.75) is 37.8 Å². The third kappa shape index (κ3) is 5.76. The first-order chi connectivity index (χ1) is 17.5. The van der Waals surface area contributed by atoms with Crippen LogP contribution in [-0.4, -0.2) is 94.3 Å². The summed E-state index contributed by atoms with van der Waals surface area (Å²) < 4.78 is 19.2. The van der Waals surface area contributed by atoms with Crippen LogP contribution in [0.3, 0.4) is 0 Å². The predicted molar refractivity (Wildman–Crippen MR) is 133 cm³/mol. The maximum absolute atomic E-state index is 11.6. The van der Waals surface area contributed by atoms with Crippen molar-refractivity contribution >= 4 is 23.3 Å². The van der Waals surface area contributed by atoms with E-state index in [0.717, 1.165) is 50.2 Å². The van der Waals surface area contributed by atoms with E-state index in [0.29, 0.717) is 30.9 Å². The van der Waals surface area contributed by atoms with E-state index in [2.05, 4.69) is 25.2 Å². The van der Waals surface area contributed by atoms with Crippen LogP contribution in [0.2, 0.25) is 0 Å². The summed E-state index contributed by atoms with van der Waals surface area (Å²) in [6.07, 6.45) is 10.5. The molecule has 1 N–H and O–H groups in total. The Morgan fingerprint density at radius 2 is 1.89 bits per heavy atom. The van der Waals surface area contributed by atoms with Gasteiger partial charge in [-0.1, -0.05) is 0 Å². The molecule has 5 rings (SSSR count). The van der Waals surface area contributed by atoms with Crippen LogP contribution in [0.25, 0.3) is 5.65 Å². The van der Waals surface area contributed by atoms with E-state index in [9.17, 15) is 4.79 Å². The molecule has 12 heteroatoms. The molecule has 3 aromatic heterocycles. The van der Waals surface area contributed by atoms with Crippen molar-refractivity contribution in [1.29, 1.82) is 0 Å². The molecule has 3 aromatic rings. The van der Waals surface area contributed by atoms with Crippen molar-refractivity contribution < 1.29 is 19.0 Å². The van der Waals surface area contributed by atoms with Crippen molar-refractivity contribution in [3.63, 3.8) is 0 Å². The molecule has 0 spiro atoms. The van der Waals surface area contributed by atoms with Gasteiger partial charge in [0, 0.05) is 51.7 Å². The predicted octanol–water partition coefficient (Wildman–Crippen LogP) is 1.62. The number of amides is 1. The first-order valence-corrected chi connectivity index (χ1v) is 12.3. The van der Waals surface area contributed by atoms with Crippen LogP contribution in [0.5, 0.6) is 11.8 Å². The lowest BCUT2D eigenvalue weighted by molar-refractivity contribution is -0.130. The highest BCUT2D eigenvalue weighted by molar-refractivity contribution is 5.77. The molecule has 0 unspecified atom stereocenters. The number of hydrogen-bond donors (Lipinski definition) is 1. The fraction of sp³-hybridized carbons (Fsp3) is 0.542. The molecule has 0 radical (unpaired) electrons. The number of nitrogens with zero attached hydrogens (tertiary/aromatic N) is 7. The van der Waals surface area contributed by atoms with Gasteiger partial charge in [0.15, 0.2) is 12.4 Å². The Morgan fingerprint density at radius 3 is 2.61 bits per heavy atom. The van der Waals surface area contributed by atoms with Gasteiger partial charge in [-0.25, -0.2) is 15.0 Å². The van der Waals surface area contributed by atoms with Gasteiger partial charge in [-0.3, -0.25) is 9.20 Å². The van der Waals surface area contributed by atoms with Crippen molar-refractivity contribution in [3.8, 4) is 11.8 Å². The summed E-state index contributed by atoms with van der Waals surface area (Å²) in [4.78, 5) is 33.3. The zero-order valence-electron chi connectivity index (χ0n) is 20.7. The number of aromatic nitrogens is 5. The number of carbonyl (C=O) groups is 1. The largest absolute Gasteiger partial charge is 0.481 e. The molecule has 1 amide bonds. The Kier molecular flexibility index (Phi) is 7.31. The fourth-order valence-electron chi connectivity index (χ4n) is 4.32. The van der Waals surface area contributed by atoms with E-state index in [1.54, 1.807) is 32.7 Å². The van der Waals surface area contributed by atoms with Crippen LogP contribution < -0.4 is 19.7 Å². The van der Waals surface area contributed by atoms with Gasteiger partial charge in [0.25, 0.3) is 5.91 Å². The van der Waals surface area contributed by atoms with Gasteiger partial charge in [0.1, 0.15) is 17.6 Å². The number of carbonyl (C=O) groups excluding carboxylic acids is 1. The molecule has 1 saturated heterocycles. The Hall–Kier alpha value is -3.67. The number of ether oxygens (including phenoxy) is 3.